The molecule has 1 saturated heterocycles. The lowest BCUT2D eigenvalue weighted by molar-refractivity contribution is -0.139. The molecule has 0 radical (unpaired) electrons. The van der Waals surface area contributed by atoms with Gasteiger partial charge in [0.2, 0.25) is 0 Å². The lowest BCUT2D eigenvalue weighted by Gasteiger charge is -2.33. The van der Waals surface area contributed by atoms with Crippen molar-refractivity contribution in [1.82, 2.24) is 20.1 Å². The molecular weight excluding hydrogens is 280 g/mol. The Hall–Kier alpha value is -2.37. The van der Waals surface area contributed by atoms with Gasteiger partial charge >= 0.3 is 0 Å². The minimum absolute atomic E-state index is 0.0214. The summed E-state index contributed by atoms with van der Waals surface area (Å²) < 4.78 is 5.68. The molecule has 0 unspecified atom stereocenters. The Morgan fingerprint density at radius 1 is 1.45 bits per heavy atom. The summed E-state index contributed by atoms with van der Waals surface area (Å²) in [5.74, 6) is 0.962. The number of nitrogens with zero attached hydrogens (tertiary/aromatic N) is 3. The topological polar surface area (TPSA) is 71.1 Å². The van der Waals surface area contributed by atoms with Crippen LogP contribution in [0.25, 0.3) is 0 Å². The molecule has 2 aromatic rings. The van der Waals surface area contributed by atoms with Crippen LogP contribution >= 0.6 is 0 Å². The first-order valence-corrected chi connectivity index (χ1v) is 7.59. The van der Waals surface area contributed by atoms with Crippen molar-refractivity contribution in [2.45, 2.75) is 31.8 Å². The number of hydrogen-bond donors (Lipinski definition) is 1. The number of aromatic amines is 1. The third-order valence-corrected chi connectivity index (χ3v) is 3.99. The van der Waals surface area contributed by atoms with E-state index in [-0.39, 0.29) is 5.91 Å². The van der Waals surface area contributed by atoms with E-state index < -0.39 is 6.10 Å². The predicted octanol–water partition coefficient (Wildman–Crippen LogP) is 1.98. The van der Waals surface area contributed by atoms with Gasteiger partial charge in [0.1, 0.15) is 5.75 Å². The van der Waals surface area contributed by atoms with Gasteiger partial charge in [0, 0.05) is 37.1 Å². The number of aromatic nitrogens is 3. The molecule has 3 rings (SSSR count). The molecule has 0 spiro atoms. The fourth-order valence-corrected chi connectivity index (χ4v) is 2.85. The summed E-state index contributed by atoms with van der Waals surface area (Å²) in [6.07, 6.45) is 6.61. The Kier molecular flexibility index (Phi) is 4.37. The minimum Gasteiger partial charge on any atom is -0.479 e. The van der Waals surface area contributed by atoms with Gasteiger partial charge in [-0.25, -0.2) is 0 Å². The van der Waals surface area contributed by atoms with Gasteiger partial charge < -0.3 is 9.64 Å². The molecule has 1 aliphatic rings. The second kappa shape index (κ2) is 6.60. The molecular formula is C16H20N4O2. The highest BCUT2D eigenvalue weighted by atomic mass is 16.5. The normalized spacial score (nSPS) is 19.7. The van der Waals surface area contributed by atoms with Crippen molar-refractivity contribution in [3.8, 4) is 5.75 Å². The summed E-state index contributed by atoms with van der Waals surface area (Å²) >= 11 is 0. The van der Waals surface area contributed by atoms with Gasteiger partial charge in [-0.15, -0.1) is 0 Å². The molecule has 1 amide bonds. The van der Waals surface area contributed by atoms with Crippen LogP contribution in [0.1, 0.15) is 31.4 Å². The Balaban J connectivity index is 1.61. The van der Waals surface area contributed by atoms with E-state index in [1.54, 1.807) is 37.6 Å². The van der Waals surface area contributed by atoms with Crippen molar-refractivity contribution in [2.75, 3.05) is 13.1 Å². The second-order valence-corrected chi connectivity index (χ2v) is 5.58. The van der Waals surface area contributed by atoms with E-state index in [9.17, 15) is 4.79 Å². The fraction of sp³-hybridized carbons (Fsp3) is 0.438. The van der Waals surface area contributed by atoms with Crippen molar-refractivity contribution in [3.05, 3.63) is 42.5 Å². The monoisotopic (exact) mass is 300 g/mol. The standard InChI is InChI=1S/C16H20N4O2/c1-12(22-14-5-2-7-17-10-14)16(21)20-9-3-4-13(11-20)15-6-8-18-19-15/h2,5-8,10,12-13H,3-4,9,11H2,1H3,(H,18,19)/t12-,13-/m1/s1. The number of piperidine rings is 1. The maximum atomic E-state index is 12.6. The van der Waals surface area contributed by atoms with Gasteiger partial charge in [0.25, 0.3) is 5.91 Å². The number of carbonyl (C=O) groups is 1. The molecule has 1 aliphatic heterocycles. The summed E-state index contributed by atoms with van der Waals surface area (Å²) in [6, 6.07) is 5.58. The van der Waals surface area contributed by atoms with Crippen molar-refractivity contribution >= 4 is 5.91 Å². The Morgan fingerprint density at radius 3 is 3.09 bits per heavy atom. The van der Waals surface area contributed by atoms with Gasteiger partial charge in [0.05, 0.1) is 6.20 Å². The smallest absolute Gasteiger partial charge is 0.263 e. The zero-order chi connectivity index (χ0) is 15.4. The van der Waals surface area contributed by atoms with Gasteiger partial charge in [-0.1, -0.05) is 0 Å². The highest BCUT2D eigenvalue weighted by Crippen LogP contribution is 2.26. The maximum Gasteiger partial charge on any atom is 0.263 e. The number of hydrogen-bond acceptors (Lipinski definition) is 4. The third-order valence-electron chi connectivity index (χ3n) is 3.99. The quantitative estimate of drug-likeness (QED) is 0.937. The van der Waals surface area contributed by atoms with Crippen LogP contribution in [0.15, 0.2) is 36.8 Å². The van der Waals surface area contributed by atoms with Gasteiger partial charge in [-0.3, -0.25) is 14.9 Å². The molecule has 0 saturated carbocycles. The fourth-order valence-electron chi connectivity index (χ4n) is 2.85. The summed E-state index contributed by atoms with van der Waals surface area (Å²) in [5, 5.41) is 7.01. The molecule has 22 heavy (non-hydrogen) atoms. The van der Waals surface area contributed by atoms with E-state index in [0.29, 0.717) is 18.2 Å². The van der Waals surface area contributed by atoms with Gasteiger partial charge in [-0.05, 0) is 38.0 Å². The van der Waals surface area contributed by atoms with E-state index in [2.05, 4.69) is 15.2 Å². The number of nitrogens with one attached hydrogen (secondary N) is 1. The largest absolute Gasteiger partial charge is 0.479 e. The van der Waals surface area contributed by atoms with E-state index in [1.165, 1.54) is 0 Å². The van der Waals surface area contributed by atoms with Crippen LogP contribution in [0.2, 0.25) is 0 Å². The average molecular weight is 300 g/mol. The van der Waals surface area contributed by atoms with Crippen LogP contribution in [-0.4, -0.2) is 45.2 Å². The molecule has 3 heterocycles. The zero-order valence-corrected chi connectivity index (χ0v) is 12.6. The molecule has 116 valence electrons. The minimum atomic E-state index is -0.510. The Bertz CT molecular complexity index is 600. The molecule has 1 fully saturated rings. The van der Waals surface area contributed by atoms with Crippen LogP contribution < -0.4 is 4.74 Å². The van der Waals surface area contributed by atoms with Crippen LogP contribution in [-0.2, 0) is 4.79 Å². The molecule has 6 heteroatoms. The lowest BCUT2D eigenvalue weighted by atomic mass is 9.94. The molecule has 0 bridgehead atoms. The Morgan fingerprint density at radius 2 is 2.36 bits per heavy atom. The molecule has 6 nitrogen and oxygen atoms in total. The first-order chi connectivity index (χ1) is 10.7. The molecule has 2 aromatic heterocycles. The third kappa shape index (κ3) is 3.27. The van der Waals surface area contributed by atoms with Crippen LogP contribution in [0, 0.1) is 0 Å². The summed E-state index contributed by atoms with van der Waals surface area (Å²) in [5.41, 5.74) is 1.10. The first kappa shape index (κ1) is 14.6. The molecule has 0 aromatic carbocycles. The maximum absolute atomic E-state index is 12.6. The summed E-state index contributed by atoms with van der Waals surface area (Å²) in [6.45, 7) is 3.28. The van der Waals surface area contributed by atoms with E-state index in [4.69, 9.17) is 4.74 Å². The Labute approximate surface area is 129 Å². The van der Waals surface area contributed by atoms with E-state index in [0.717, 1.165) is 25.1 Å². The van der Waals surface area contributed by atoms with Crippen LogP contribution in [0.5, 0.6) is 5.75 Å². The number of carbonyl (C=O) groups excluding carboxylic acids is 1. The average Bonchev–Trinajstić information content (AvgIpc) is 3.10. The number of amides is 1. The summed E-state index contributed by atoms with van der Waals surface area (Å²) in [4.78, 5) is 18.5. The van der Waals surface area contributed by atoms with Crippen molar-refractivity contribution in [1.29, 1.82) is 0 Å². The predicted molar refractivity (Wildman–Crippen MR) is 81.5 cm³/mol. The number of rotatable bonds is 4. The van der Waals surface area contributed by atoms with Crippen LogP contribution in [0.4, 0.5) is 0 Å². The number of H-pyrrole nitrogens is 1. The lowest BCUT2D eigenvalue weighted by Crippen LogP contribution is -2.45. The van der Waals surface area contributed by atoms with Gasteiger partial charge in [0.15, 0.2) is 6.10 Å². The van der Waals surface area contributed by atoms with E-state index >= 15 is 0 Å². The van der Waals surface area contributed by atoms with E-state index in [1.807, 2.05) is 11.0 Å². The number of pyridine rings is 1. The van der Waals surface area contributed by atoms with Crippen molar-refractivity contribution < 1.29 is 9.53 Å². The second-order valence-electron chi connectivity index (χ2n) is 5.58. The van der Waals surface area contributed by atoms with Crippen molar-refractivity contribution in [3.63, 3.8) is 0 Å². The van der Waals surface area contributed by atoms with Gasteiger partial charge in [-0.2, -0.15) is 5.10 Å². The van der Waals surface area contributed by atoms with Crippen molar-refractivity contribution in [2.24, 2.45) is 0 Å². The zero-order valence-electron chi connectivity index (χ0n) is 12.6. The highest BCUT2D eigenvalue weighted by molar-refractivity contribution is 5.81. The summed E-state index contributed by atoms with van der Waals surface area (Å²) in [7, 11) is 0. The first-order valence-electron chi connectivity index (χ1n) is 7.59. The SMILES string of the molecule is C[C@@H](Oc1cccnc1)C(=O)N1CCC[C@@H](c2ccn[nH]2)C1. The molecule has 1 N–H and O–H groups in total. The molecule has 0 aliphatic carbocycles. The van der Waals surface area contributed by atoms with Crippen LogP contribution in [0.3, 0.4) is 0 Å². The number of ether oxygens (including phenoxy) is 1. The molecule has 2 atom stereocenters. The number of likely N-dealkylation sites (tertiary alicyclic amines) is 1. The highest BCUT2D eigenvalue weighted by Gasteiger charge is 2.29.